The zero-order chi connectivity index (χ0) is 15.5. The molecule has 0 aromatic carbocycles. The Morgan fingerprint density at radius 3 is 2.20 bits per heavy atom. The standard InChI is InChI=1S/C13H25N3O4/c1-9(2)6-14-11(17)8-16-13(20)15-7-10(3)4-5-12(18)19/h9-10H,4-8H2,1-3H3,(H,14,17)(H,18,19)(H2,15,16,20). The number of rotatable bonds is 9. The highest BCUT2D eigenvalue weighted by Crippen LogP contribution is 2.03. The van der Waals surface area contributed by atoms with Crippen LogP contribution in [0.1, 0.15) is 33.6 Å². The van der Waals surface area contributed by atoms with Crippen LogP contribution >= 0.6 is 0 Å². The van der Waals surface area contributed by atoms with Gasteiger partial charge in [0.15, 0.2) is 0 Å². The molecule has 0 saturated carbocycles. The minimum Gasteiger partial charge on any atom is -0.481 e. The van der Waals surface area contributed by atoms with Gasteiger partial charge in [-0.2, -0.15) is 0 Å². The second-order valence-electron chi connectivity index (χ2n) is 5.30. The predicted molar refractivity (Wildman–Crippen MR) is 75.3 cm³/mol. The Morgan fingerprint density at radius 1 is 1.00 bits per heavy atom. The van der Waals surface area contributed by atoms with Crippen LogP contribution in [0.15, 0.2) is 0 Å². The highest BCUT2D eigenvalue weighted by atomic mass is 16.4. The smallest absolute Gasteiger partial charge is 0.315 e. The van der Waals surface area contributed by atoms with Crippen LogP contribution in [0.3, 0.4) is 0 Å². The number of carbonyl (C=O) groups is 3. The summed E-state index contributed by atoms with van der Waals surface area (Å²) in [6.45, 7) is 6.72. The van der Waals surface area contributed by atoms with Crippen LogP contribution in [-0.4, -0.2) is 42.6 Å². The molecule has 0 aromatic heterocycles. The molecule has 0 aliphatic heterocycles. The minimum absolute atomic E-state index is 0.0674. The van der Waals surface area contributed by atoms with Crippen molar-refractivity contribution in [2.24, 2.45) is 11.8 Å². The summed E-state index contributed by atoms with van der Waals surface area (Å²) >= 11 is 0. The first-order valence-electron chi connectivity index (χ1n) is 6.81. The van der Waals surface area contributed by atoms with Gasteiger partial charge in [0.25, 0.3) is 0 Å². The van der Waals surface area contributed by atoms with E-state index in [2.05, 4.69) is 16.0 Å². The lowest BCUT2D eigenvalue weighted by molar-refractivity contribution is -0.137. The molecule has 7 nitrogen and oxygen atoms in total. The van der Waals surface area contributed by atoms with Crippen LogP contribution in [-0.2, 0) is 9.59 Å². The van der Waals surface area contributed by atoms with E-state index in [4.69, 9.17) is 5.11 Å². The molecule has 0 aliphatic rings. The zero-order valence-corrected chi connectivity index (χ0v) is 12.4. The van der Waals surface area contributed by atoms with E-state index in [1.165, 1.54) is 0 Å². The topological polar surface area (TPSA) is 108 Å². The first-order valence-corrected chi connectivity index (χ1v) is 6.81. The molecule has 0 fully saturated rings. The maximum absolute atomic E-state index is 11.4. The molecule has 7 heteroatoms. The number of amides is 3. The van der Waals surface area contributed by atoms with Gasteiger partial charge in [-0.25, -0.2) is 4.79 Å². The third kappa shape index (κ3) is 11.3. The molecule has 0 aromatic rings. The van der Waals surface area contributed by atoms with Crippen molar-refractivity contribution in [1.82, 2.24) is 16.0 Å². The molecule has 0 heterocycles. The van der Waals surface area contributed by atoms with Crippen LogP contribution in [0.25, 0.3) is 0 Å². The monoisotopic (exact) mass is 287 g/mol. The quantitative estimate of drug-likeness (QED) is 0.497. The summed E-state index contributed by atoms with van der Waals surface area (Å²) in [7, 11) is 0. The van der Waals surface area contributed by atoms with Crippen molar-refractivity contribution >= 4 is 17.9 Å². The number of carboxylic acid groups (broad SMARTS) is 1. The number of carboxylic acids is 1. The number of carbonyl (C=O) groups excluding carboxylic acids is 2. The van der Waals surface area contributed by atoms with Crippen molar-refractivity contribution < 1.29 is 19.5 Å². The minimum atomic E-state index is -0.844. The maximum Gasteiger partial charge on any atom is 0.315 e. The molecule has 1 unspecified atom stereocenters. The Morgan fingerprint density at radius 2 is 1.65 bits per heavy atom. The van der Waals surface area contributed by atoms with Gasteiger partial charge in [-0.3, -0.25) is 9.59 Å². The van der Waals surface area contributed by atoms with Crippen molar-refractivity contribution in [3.05, 3.63) is 0 Å². The van der Waals surface area contributed by atoms with Crippen LogP contribution in [0.5, 0.6) is 0 Å². The van der Waals surface area contributed by atoms with Gasteiger partial charge in [-0.15, -0.1) is 0 Å². The molecule has 20 heavy (non-hydrogen) atoms. The summed E-state index contributed by atoms with van der Waals surface area (Å²) < 4.78 is 0. The highest BCUT2D eigenvalue weighted by Gasteiger charge is 2.09. The molecule has 116 valence electrons. The average molecular weight is 287 g/mol. The SMILES string of the molecule is CC(C)CNC(=O)CNC(=O)NCC(C)CCC(=O)O. The van der Waals surface area contributed by atoms with E-state index in [0.29, 0.717) is 25.4 Å². The van der Waals surface area contributed by atoms with E-state index in [1.807, 2.05) is 20.8 Å². The lowest BCUT2D eigenvalue weighted by atomic mass is 10.1. The molecule has 0 aliphatic carbocycles. The molecule has 0 spiro atoms. The fourth-order valence-electron chi connectivity index (χ4n) is 1.34. The molecule has 3 amide bonds. The summed E-state index contributed by atoms with van der Waals surface area (Å²) in [5.41, 5.74) is 0. The lowest BCUT2D eigenvalue weighted by Gasteiger charge is -2.12. The Kier molecular flexibility index (Phi) is 9.15. The number of urea groups is 1. The van der Waals surface area contributed by atoms with Gasteiger partial charge in [0.2, 0.25) is 5.91 Å². The number of aliphatic carboxylic acids is 1. The molecule has 4 N–H and O–H groups in total. The van der Waals surface area contributed by atoms with Crippen molar-refractivity contribution in [1.29, 1.82) is 0 Å². The van der Waals surface area contributed by atoms with Gasteiger partial charge in [-0.05, 0) is 18.3 Å². The number of hydrogen-bond donors (Lipinski definition) is 4. The van der Waals surface area contributed by atoms with Crippen LogP contribution in [0, 0.1) is 11.8 Å². The van der Waals surface area contributed by atoms with Gasteiger partial charge in [0.1, 0.15) is 0 Å². The van der Waals surface area contributed by atoms with Gasteiger partial charge < -0.3 is 21.1 Å². The zero-order valence-electron chi connectivity index (χ0n) is 12.4. The molecule has 0 radical (unpaired) electrons. The lowest BCUT2D eigenvalue weighted by Crippen LogP contribution is -2.43. The first-order chi connectivity index (χ1) is 9.31. The van der Waals surface area contributed by atoms with Gasteiger partial charge >= 0.3 is 12.0 Å². The van der Waals surface area contributed by atoms with Gasteiger partial charge in [-0.1, -0.05) is 20.8 Å². The Hall–Kier alpha value is -1.79. The molecule has 0 rings (SSSR count). The van der Waals surface area contributed by atoms with E-state index >= 15 is 0 Å². The van der Waals surface area contributed by atoms with Gasteiger partial charge in [0.05, 0.1) is 6.54 Å². The molecule has 1 atom stereocenters. The Balaban J connectivity index is 3.67. The molecular weight excluding hydrogens is 262 g/mol. The van der Waals surface area contributed by atoms with E-state index in [1.54, 1.807) is 0 Å². The van der Waals surface area contributed by atoms with Gasteiger partial charge in [0, 0.05) is 19.5 Å². The van der Waals surface area contributed by atoms with E-state index in [-0.39, 0.29) is 24.8 Å². The summed E-state index contributed by atoms with van der Waals surface area (Å²) in [5, 5.41) is 16.3. The fraction of sp³-hybridized carbons (Fsp3) is 0.769. The highest BCUT2D eigenvalue weighted by molar-refractivity contribution is 5.83. The van der Waals surface area contributed by atoms with Crippen molar-refractivity contribution in [3.8, 4) is 0 Å². The second kappa shape index (κ2) is 10.1. The van der Waals surface area contributed by atoms with E-state index in [9.17, 15) is 14.4 Å². The number of hydrogen-bond acceptors (Lipinski definition) is 3. The largest absolute Gasteiger partial charge is 0.481 e. The van der Waals surface area contributed by atoms with Crippen molar-refractivity contribution in [2.75, 3.05) is 19.6 Å². The third-order valence-electron chi connectivity index (χ3n) is 2.58. The van der Waals surface area contributed by atoms with Crippen molar-refractivity contribution in [2.45, 2.75) is 33.6 Å². The molecule has 0 bridgehead atoms. The normalized spacial score (nSPS) is 11.8. The van der Waals surface area contributed by atoms with Crippen molar-refractivity contribution in [3.63, 3.8) is 0 Å². The number of nitrogens with one attached hydrogen (secondary N) is 3. The maximum atomic E-state index is 11.4. The summed E-state index contributed by atoms with van der Waals surface area (Å²) in [4.78, 5) is 33.1. The Bertz CT molecular complexity index is 332. The summed E-state index contributed by atoms with van der Waals surface area (Å²) in [6.07, 6.45) is 0.590. The third-order valence-corrected chi connectivity index (χ3v) is 2.58. The summed E-state index contributed by atoms with van der Waals surface area (Å²) in [5.74, 6) is -0.634. The molecule has 0 saturated heterocycles. The Labute approximate surface area is 119 Å². The molecular formula is C13H25N3O4. The predicted octanol–water partition coefficient (Wildman–Crippen LogP) is 0.559. The fourth-order valence-corrected chi connectivity index (χ4v) is 1.34. The van der Waals surface area contributed by atoms with E-state index < -0.39 is 12.0 Å². The summed E-state index contributed by atoms with van der Waals surface area (Å²) in [6, 6.07) is -0.424. The van der Waals surface area contributed by atoms with E-state index in [0.717, 1.165) is 0 Å². The van der Waals surface area contributed by atoms with Crippen LogP contribution < -0.4 is 16.0 Å². The van der Waals surface area contributed by atoms with Crippen LogP contribution in [0.4, 0.5) is 4.79 Å². The average Bonchev–Trinajstić information content (AvgIpc) is 2.37. The van der Waals surface area contributed by atoms with Crippen LogP contribution in [0.2, 0.25) is 0 Å². The first kappa shape index (κ1) is 18.2. The second-order valence-corrected chi connectivity index (χ2v) is 5.30.